The Labute approximate surface area is 116 Å². The van der Waals surface area contributed by atoms with Crippen molar-refractivity contribution >= 4 is 15.0 Å². The number of rotatable bonds is 5. The summed E-state index contributed by atoms with van der Waals surface area (Å²) >= 11 is 0. The second kappa shape index (κ2) is 6.99. The molecule has 0 bridgehead atoms. The molecule has 2 unspecified atom stereocenters. The fraction of sp³-hybridized carbons (Fsp3) is 0.500. The fourth-order valence-electron chi connectivity index (χ4n) is 1.66. The lowest BCUT2D eigenvalue weighted by Gasteiger charge is -2.28. The first-order valence-electron chi connectivity index (χ1n) is 6.14. The highest BCUT2D eigenvalue weighted by Crippen LogP contribution is 2.29. The molecule has 0 aliphatic carbocycles. The highest BCUT2D eigenvalue weighted by Gasteiger charge is 2.33. The molecule has 106 valence electrons. The summed E-state index contributed by atoms with van der Waals surface area (Å²) in [6, 6.07) is 7.34. The molecule has 0 saturated carbocycles. The third-order valence-electron chi connectivity index (χ3n) is 2.85. The zero-order chi connectivity index (χ0) is 14.5. The molecule has 2 atom stereocenters. The molecule has 0 spiro atoms. The Morgan fingerprint density at radius 3 is 2.63 bits per heavy atom. The van der Waals surface area contributed by atoms with Crippen LogP contribution in [0.25, 0.3) is 0 Å². The van der Waals surface area contributed by atoms with Crippen LogP contribution in [0.2, 0.25) is 0 Å². The van der Waals surface area contributed by atoms with Gasteiger partial charge in [0.25, 0.3) is 0 Å². The van der Waals surface area contributed by atoms with Gasteiger partial charge in [0.05, 0.1) is 12.5 Å². The highest BCUT2D eigenvalue weighted by atomic mass is 31.1. The highest BCUT2D eigenvalue weighted by molar-refractivity contribution is 7.24. The molecule has 0 radical (unpaired) electrons. The Balaban J connectivity index is 2.77. The number of esters is 1. The maximum Gasteiger partial charge on any atom is 0.317 e. The van der Waals surface area contributed by atoms with Crippen LogP contribution in [-0.2, 0) is 9.32 Å². The third-order valence-corrected chi connectivity index (χ3v) is 3.15. The monoisotopic (exact) mass is 284 g/mol. The van der Waals surface area contributed by atoms with Crippen molar-refractivity contribution in [2.75, 3.05) is 6.61 Å². The molecule has 0 heterocycles. The maximum atomic E-state index is 12.2. The topological polar surface area (TPSA) is 55.8 Å². The summed E-state index contributed by atoms with van der Waals surface area (Å²) in [5.41, 5.74) is 0.742. The summed E-state index contributed by atoms with van der Waals surface area (Å²) in [6.07, 6.45) is 0. The van der Waals surface area contributed by atoms with Gasteiger partial charge in [0.15, 0.2) is 9.03 Å². The Morgan fingerprint density at radius 1 is 1.42 bits per heavy atom. The van der Waals surface area contributed by atoms with Crippen LogP contribution in [0.15, 0.2) is 24.3 Å². The zero-order valence-corrected chi connectivity index (χ0v) is 12.8. The molecule has 0 aromatic heterocycles. The minimum absolute atomic E-state index is 0.156. The maximum absolute atomic E-state index is 12.2. The van der Waals surface area contributed by atoms with E-state index in [-0.39, 0.29) is 18.0 Å². The van der Waals surface area contributed by atoms with E-state index in [2.05, 4.69) is 0 Å². The van der Waals surface area contributed by atoms with E-state index in [1.807, 2.05) is 45.9 Å². The predicted octanol–water partition coefficient (Wildman–Crippen LogP) is 3.08. The van der Waals surface area contributed by atoms with Crippen molar-refractivity contribution in [3.8, 4) is 5.75 Å². The first kappa shape index (κ1) is 16.1. The van der Waals surface area contributed by atoms with Gasteiger partial charge in [0, 0.05) is 0 Å². The number of aryl methyl sites for hydroxylation is 1. The van der Waals surface area contributed by atoms with Crippen LogP contribution in [0.1, 0.15) is 26.3 Å². The van der Waals surface area contributed by atoms with Gasteiger partial charge in [-0.3, -0.25) is 4.79 Å². The quantitative estimate of drug-likeness (QED) is 0.513. The van der Waals surface area contributed by atoms with Gasteiger partial charge in [-0.05, 0) is 30.0 Å². The van der Waals surface area contributed by atoms with Crippen LogP contribution >= 0.6 is 9.03 Å². The largest absolute Gasteiger partial charge is 0.426 e. The third kappa shape index (κ3) is 5.27. The smallest absolute Gasteiger partial charge is 0.317 e. The van der Waals surface area contributed by atoms with Crippen molar-refractivity contribution in [2.45, 2.75) is 27.7 Å². The SMILES string of the molecule is Cc1cccc(OC(=O)C(COPO)C(C)(C)C)c1. The molecule has 1 N–H and O–H groups in total. The molecule has 0 amide bonds. The molecule has 0 fully saturated rings. The molecule has 0 aliphatic heterocycles. The molecule has 1 rings (SSSR count). The Morgan fingerprint density at radius 2 is 2.11 bits per heavy atom. The molecule has 19 heavy (non-hydrogen) atoms. The van der Waals surface area contributed by atoms with E-state index >= 15 is 0 Å². The first-order valence-corrected chi connectivity index (χ1v) is 6.99. The van der Waals surface area contributed by atoms with E-state index < -0.39 is 15.0 Å². The molecular weight excluding hydrogens is 263 g/mol. The van der Waals surface area contributed by atoms with Crippen LogP contribution < -0.4 is 4.74 Å². The summed E-state index contributed by atoms with van der Waals surface area (Å²) in [4.78, 5) is 20.9. The van der Waals surface area contributed by atoms with Gasteiger partial charge in [-0.15, -0.1) is 0 Å². The summed E-state index contributed by atoms with van der Waals surface area (Å²) in [6.45, 7) is 7.93. The van der Waals surface area contributed by atoms with Crippen molar-refractivity contribution in [3.63, 3.8) is 0 Å². The van der Waals surface area contributed by atoms with Crippen LogP contribution in [0.3, 0.4) is 0 Å². The lowest BCUT2D eigenvalue weighted by atomic mass is 9.81. The standard InChI is InChI=1S/C14H21O4P/c1-10-6-5-7-11(8-10)18-13(15)12(9-17-19-16)14(2,3)4/h5-8,12,16,19H,9H2,1-4H3. The van der Waals surface area contributed by atoms with Crippen LogP contribution in [0, 0.1) is 18.3 Å². The van der Waals surface area contributed by atoms with E-state index in [4.69, 9.17) is 14.2 Å². The number of ether oxygens (including phenoxy) is 1. The van der Waals surface area contributed by atoms with Crippen LogP contribution in [0.5, 0.6) is 5.75 Å². The molecule has 1 aromatic carbocycles. The molecule has 5 heteroatoms. The Hall–Kier alpha value is -0.960. The molecule has 1 aromatic rings. The van der Waals surface area contributed by atoms with Crippen LogP contribution in [0.4, 0.5) is 0 Å². The van der Waals surface area contributed by atoms with Crippen molar-refractivity contribution in [3.05, 3.63) is 29.8 Å². The summed E-state index contributed by atoms with van der Waals surface area (Å²) < 4.78 is 10.4. The van der Waals surface area contributed by atoms with E-state index in [1.54, 1.807) is 6.07 Å². The minimum Gasteiger partial charge on any atom is -0.426 e. The fourth-order valence-corrected chi connectivity index (χ4v) is 1.90. The summed E-state index contributed by atoms with van der Waals surface area (Å²) in [5, 5.41) is 0. The molecular formula is C14H21O4P. The Kier molecular flexibility index (Phi) is 5.92. The molecule has 4 nitrogen and oxygen atoms in total. The van der Waals surface area contributed by atoms with Gasteiger partial charge >= 0.3 is 5.97 Å². The van der Waals surface area contributed by atoms with Gasteiger partial charge in [-0.25, -0.2) is 0 Å². The number of hydrogen-bond donors (Lipinski definition) is 1. The normalized spacial score (nSPS) is 13.7. The van der Waals surface area contributed by atoms with Gasteiger partial charge in [0.2, 0.25) is 0 Å². The summed E-state index contributed by atoms with van der Waals surface area (Å²) in [7, 11) is -0.619. The number of hydrogen-bond acceptors (Lipinski definition) is 4. The van der Waals surface area contributed by atoms with Crippen molar-refractivity contribution in [1.82, 2.24) is 0 Å². The lowest BCUT2D eigenvalue weighted by Crippen LogP contribution is -2.35. The van der Waals surface area contributed by atoms with E-state index in [0.717, 1.165) is 5.56 Å². The number of carbonyl (C=O) groups excluding carboxylic acids is 1. The average molecular weight is 284 g/mol. The second-order valence-electron chi connectivity index (χ2n) is 5.56. The van der Waals surface area contributed by atoms with Gasteiger partial charge in [0.1, 0.15) is 5.75 Å². The van der Waals surface area contributed by atoms with Crippen molar-refractivity contribution < 1.29 is 18.9 Å². The van der Waals surface area contributed by atoms with Gasteiger partial charge < -0.3 is 14.2 Å². The predicted molar refractivity (Wildman–Crippen MR) is 76.2 cm³/mol. The molecule has 0 saturated heterocycles. The summed E-state index contributed by atoms with van der Waals surface area (Å²) in [5.74, 6) is -0.227. The number of carbonyl (C=O) groups is 1. The number of benzene rings is 1. The van der Waals surface area contributed by atoms with Crippen molar-refractivity contribution in [2.24, 2.45) is 11.3 Å². The first-order chi connectivity index (χ1) is 8.84. The minimum atomic E-state index is -0.619. The average Bonchev–Trinajstić information content (AvgIpc) is 2.27. The van der Waals surface area contributed by atoms with E-state index in [9.17, 15) is 4.79 Å². The van der Waals surface area contributed by atoms with Crippen molar-refractivity contribution in [1.29, 1.82) is 0 Å². The van der Waals surface area contributed by atoms with Gasteiger partial charge in [-0.1, -0.05) is 32.9 Å². The Bertz CT molecular complexity index is 426. The van der Waals surface area contributed by atoms with E-state index in [0.29, 0.717) is 5.75 Å². The van der Waals surface area contributed by atoms with Gasteiger partial charge in [-0.2, -0.15) is 0 Å². The van der Waals surface area contributed by atoms with E-state index in [1.165, 1.54) is 0 Å². The molecule has 0 aliphatic rings. The second-order valence-corrected chi connectivity index (χ2v) is 6.03. The lowest BCUT2D eigenvalue weighted by molar-refractivity contribution is -0.143. The van der Waals surface area contributed by atoms with Crippen LogP contribution in [-0.4, -0.2) is 17.5 Å². The zero-order valence-electron chi connectivity index (χ0n) is 11.8.